The minimum Gasteiger partial charge on any atom is -0.399 e. The van der Waals surface area contributed by atoms with E-state index in [4.69, 9.17) is 5.73 Å². The zero-order chi connectivity index (χ0) is 16.2. The van der Waals surface area contributed by atoms with Gasteiger partial charge in [-0.05, 0) is 31.0 Å². The summed E-state index contributed by atoms with van der Waals surface area (Å²) in [5.41, 5.74) is 10.7. The second-order valence-corrected chi connectivity index (χ2v) is 5.73. The zero-order valence-corrected chi connectivity index (χ0v) is 13.9. The normalized spacial score (nSPS) is 11.5. The van der Waals surface area contributed by atoms with Crippen LogP contribution in [0.15, 0.2) is 29.4 Å². The third-order valence-electron chi connectivity index (χ3n) is 3.68. The maximum Gasteiger partial charge on any atom is 0.240 e. The first-order chi connectivity index (χ1) is 10.6. The number of carbonyl (C=O) groups is 1. The molecule has 4 heteroatoms. The fourth-order valence-corrected chi connectivity index (χ4v) is 2.23. The molecule has 0 saturated carbocycles. The average Bonchev–Trinajstić information content (AvgIpc) is 2.52. The lowest BCUT2D eigenvalue weighted by atomic mass is 10.1. The van der Waals surface area contributed by atoms with Crippen molar-refractivity contribution in [2.75, 3.05) is 5.73 Å². The standard InChI is InChI=1S/C18H29N3O/c1-3-4-5-6-7-8-9-10-18(22)21-20-15(2)16-11-13-17(19)14-12-16/h11-14H,3-10,19H2,1-2H3,(H,21,22)/b20-15-. The molecule has 0 aliphatic carbocycles. The molecule has 0 spiro atoms. The Kier molecular flexibility index (Phi) is 8.96. The van der Waals surface area contributed by atoms with Gasteiger partial charge in [-0.1, -0.05) is 57.6 Å². The van der Waals surface area contributed by atoms with Gasteiger partial charge in [0.15, 0.2) is 0 Å². The number of carbonyl (C=O) groups excluding carboxylic acids is 1. The van der Waals surface area contributed by atoms with E-state index in [1.54, 1.807) is 0 Å². The summed E-state index contributed by atoms with van der Waals surface area (Å²) >= 11 is 0. The predicted molar refractivity (Wildman–Crippen MR) is 93.8 cm³/mol. The Labute approximate surface area is 134 Å². The van der Waals surface area contributed by atoms with Gasteiger partial charge in [0.2, 0.25) is 5.91 Å². The van der Waals surface area contributed by atoms with Crippen LogP contribution in [0.3, 0.4) is 0 Å². The number of hydrogen-bond acceptors (Lipinski definition) is 3. The molecule has 0 aliphatic rings. The van der Waals surface area contributed by atoms with Crippen molar-refractivity contribution in [1.82, 2.24) is 5.43 Å². The molecule has 0 unspecified atom stereocenters. The number of hydrazone groups is 1. The minimum atomic E-state index is -0.0108. The third-order valence-corrected chi connectivity index (χ3v) is 3.68. The van der Waals surface area contributed by atoms with Gasteiger partial charge in [0.1, 0.15) is 0 Å². The quantitative estimate of drug-likeness (QED) is 0.294. The summed E-state index contributed by atoms with van der Waals surface area (Å²) < 4.78 is 0. The molecule has 0 fully saturated rings. The van der Waals surface area contributed by atoms with Gasteiger partial charge in [-0.15, -0.1) is 0 Å². The summed E-state index contributed by atoms with van der Waals surface area (Å²) in [4.78, 5) is 11.7. The number of benzene rings is 1. The Morgan fingerprint density at radius 2 is 1.64 bits per heavy atom. The molecule has 4 nitrogen and oxygen atoms in total. The highest BCUT2D eigenvalue weighted by Crippen LogP contribution is 2.09. The molecule has 0 atom stereocenters. The Balaban J connectivity index is 2.19. The number of amides is 1. The summed E-state index contributed by atoms with van der Waals surface area (Å²) in [5.74, 6) is -0.0108. The lowest BCUT2D eigenvalue weighted by molar-refractivity contribution is -0.121. The van der Waals surface area contributed by atoms with Crippen molar-refractivity contribution in [1.29, 1.82) is 0 Å². The molecular weight excluding hydrogens is 274 g/mol. The minimum absolute atomic E-state index is 0.0108. The van der Waals surface area contributed by atoms with Crippen LogP contribution in [0.25, 0.3) is 0 Å². The molecular formula is C18H29N3O. The van der Waals surface area contributed by atoms with Crippen LogP contribution >= 0.6 is 0 Å². The Hall–Kier alpha value is -1.84. The van der Waals surface area contributed by atoms with Gasteiger partial charge in [0.05, 0.1) is 5.71 Å². The fraction of sp³-hybridized carbons (Fsp3) is 0.556. The Morgan fingerprint density at radius 3 is 2.27 bits per heavy atom. The van der Waals surface area contributed by atoms with E-state index in [9.17, 15) is 4.79 Å². The molecule has 0 aromatic heterocycles. The van der Waals surface area contributed by atoms with Crippen molar-refractivity contribution >= 4 is 17.3 Å². The van der Waals surface area contributed by atoms with E-state index < -0.39 is 0 Å². The smallest absolute Gasteiger partial charge is 0.240 e. The number of unbranched alkanes of at least 4 members (excludes halogenated alkanes) is 6. The number of nitrogens with two attached hydrogens (primary N) is 1. The first kappa shape index (κ1) is 18.2. The highest BCUT2D eigenvalue weighted by atomic mass is 16.2. The predicted octanol–water partition coefficient (Wildman–Crippen LogP) is 4.25. The first-order valence-electron chi connectivity index (χ1n) is 8.32. The van der Waals surface area contributed by atoms with Crippen LogP contribution in [-0.4, -0.2) is 11.6 Å². The van der Waals surface area contributed by atoms with E-state index in [2.05, 4.69) is 17.5 Å². The molecule has 0 radical (unpaired) electrons. The van der Waals surface area contributed by atoms with Gasteiger partial charge in [-0.2, -0.15) is 5.10 Å². The van der Waals surface area contributed by atoms with Crippen LogP contribution in [0.2, 0.25) is 0 Å². The summed E-state index contributed by atoms with van der Waals surface area (Å²) in [7, 11) is 0. The molecule has 1 rings (SSSR count). The van der Waals surface area contributed by atoms with E-state index in [0.29, 0.717) is 6.42 Å². The molecule has 3 N–H and O–H groups in total. The highest BCUT2D eigenvalue weighted by molar-refractivity contribution is 5.99. The van der Waals surface area contributed by atoms with Crippen molar-refractivity contribution in [3.8, 4) is 0 Å². The molecule has 22 heavy (non-hydrogen) atoms. The van der Waals surface area contributed by atoms with Crippen molar-refractivity contribution in [2.45, 2.75) is 65.2 Å². The van der Waals surface area contributed by atoms with Gasteiger partial charge >= 0.3 is 0 Å². The monoisotopic (exact) mass is 303 g/mol. The number of nitrogens with zero attached hydrogens (tertiary/aromatic N) is 1. The second kappa shape index (κ2) is 10.8. The van der Waals surface area contributed by atoms with Crippen molar-refractivity contribution < 1.29 is 4.79 Å². The van der Waals surface area contributed by atoms with E-state index in [1.165, 1.54) is 32.1 Å². The summed E-state index contributed by atoms with van der Waals surface area (Å²) in [6.45, 7) is 4.09. The van der Waals surface area contributed by atoms with Crippen LogP contribution in [0.1, 0.15) is 70.8 Å². The summed E-state index contributed by atoms with van der Waals surface area (Å²) in [5, 5.41) is 4.14. The van der Waals surface area contributed by atoms with Gasteiger partial charge in [0.25, 0.3) is 0 Å². The molecule has 1 amide bonds. The number of anilines is 1. The summed E-state index contributed by atoms with van der Waals surface area (Å²) in [6.07, 6.45) is 9.02. The van der Waals surface area contributed by atoms with Gasteiger partial charge in [-0.25, -0.2) is 5.43 Å². The average molecular weight is 303 g/mol. The van der Waals surface area contributed by atoms with Crippen LogP contribution in [-0.2, 0) is 4.79 Å². The van der Waals surface area contributed by atoms with E-state index in [1.807, 2.05) is 31.2 Å². The number of hydrogen-bond donors (Lipinski definition) is 2. The van der Waals surface area contributed by atoms with Crippen LogP contribution in [0.5, 0.6) is 0 Å². The van der Waals surface area contributed by atoms with Crippen LogP contribution < -0.4 is 11.2 Å². The molecule has 122 valence electrons. The number of nitrogen functional groups attached to an aromatic ring is 1. The SMILES string of the molecule is CCCCCCCCCC(=O)N/N=C(/C)c1ccc(N)cc1. The third kappa shape index (κ3) is 7.81. The molecule has 0 bridgehead atoms. The molecule has 1 aromatic carbocycles. The van der Waals surface area contributed by atoms with Crippen molar-refractivity contribution in [3.05, 3.63) is 29.8 Å². The highest BCUT2D eigenvalue weighted by Gasteiger charge is 2.01. The van der Waals surface area contributed by atoms with Crippen molar-refractivity contribution in [3.63, 3.8) is 0 Å². The molecule has 0 heterocycles. The Morgan fingerprint density at radius 1 is 1.05 bits per heavy atom. The first-order valence-corrected chi connectivity index (χ1v) is 8.32. The Bertz CT molecular complexity index is 466. The van der Waals surface area contributed by atoms with Crippen molar-refractivity contribution in [2.24, 2.45) is 5.10 Å². The molecule has 1 aromatic rings. The second-order valence-electron chi connectivity index (χ2n) is 5.73. The number of nitrogens with one attached hydrogen (secondary N) is 1. The topological polar surface area (TPSA) is 67.5 Å². The lowest BCUT2D eigenvalue weighted by Gasteiger charge is -2.04. The largest absolute Gasteiger partial charge is 0.399 e. The maximum atomic E-state index is 11.7. The zero-order valence-electron chi connectivity index (χ0n) is 13.9. The van der Waals surface area contributed by atoms with Crippen LogP contribution in [0.4, 0.5) is 5.69 Å². The van der Waals surface area contributed by atoms with E-state index in [0.717, 1.165) is 29.8 Å². The fourth-order valence-electron chi connectivity index (χ4n) is 2.23. The van der Waals surface area contributed by atoms with Gasteiger partial charge in [-0.3, -0.25) is 4.79 Å². The lowest BCUT2D eigenvalue weighted by Crippen LogP contribution is -2.18. The van der Waals surface area contributed by atoms with E-state index in [-0.39, 0.29) is 5.91 Å². The van der Waals surface area contributed by atoms with E-state index >= 15 is 0 Å². The molecule has 0 saturated heterocycles. The van der Waals surface area contributed by atoms with Gasteiger partial charge in [0, 0.05) is 12.1 Å². The maximum absolute atomic E-state index is 11.7. The molecule has 0 aliphatic heterocycles. The van der Waals surface area contributed by atoms with Gasteiger partial charge < -0.3 is 5.73 Å². The number of rotatable bonds is 10. The summed E-state index contributed by atoms with van der Waals surface area (Å²) in [6, 6.07) is 7.46. The van der Waals surface area contributed by atoms with Crippen LogP contribution in [0, 0.1) is 0 Å².